The second-order valence-electron chi connectivity index (χ2n) is 5.82. The van der Waals surface area contributed by atoms with Gasteiger partial charge in [0.15, 0.2) is 0 Å². The van der Waals surface area contributed by atoms with E-state index in [9.17, 15) is 13.2 Å². The van der Waals surface area contributed by atoms with E-state index in [2.05, 4.69) is 5.32 Å². The molecule has 0 aromatic heterocycles. The Kier molecular flexibility index (Phi) is 6.13. The van der Waals surface area contributed by atoms with Crippen LogP contribution < -0.4 is 9.62 Å². The normalized spacial score (nSPS) is 11.2. The molecule has 25 heavy (non-hydrogen) atoms. The Hall–Kier alpha value is -1.99. The summed E-state index contributed by atoms with van der Waals surface area (Å²) in [5.41, 5.74) is 3.32. The number of rotatable bonds is 6. The number of aryl methyl sites for hydroxylation is 2. The number of hydrogen-bond donors (Lipinski definition) is 1. The number of carbonyl (C=O) groups excluding carboxylic acids is 1. The molecule has 2 aromatic rings. The van der Waals surface area contributed by atoms with Crippen molar-refractivity contribution >= 4 is 39.1 Å². The molecule has 0 aliphatic carbocycles. The Labute approximate surface area is 153 Å². The summed E-state index contributed by atoms with van der Waals surface area (Å²) in [6.45, 7) is 3.68. The van der Waals surface area contributed by atoms with E-state index in [4.69, 9.17) is 0 Å². The highest BCUT2D eigenvalue weighted by Crippen LogP contribution is 2.24. The van der Waals surface area contributed by atoms with Crippen LogP contribution in [0, 0.1) is 13.8 Å². The minimum Gasteiger partial charge on any atom is -0.325 e. The number of sulfonamides is 1. The fraction of sp³-hybridized carbons (Fsp3) is 0.278. The Morgan fingerprint density at radius 3 is 2.44 bits per heavy atom. The van der Waals surface area contributed by atoms with Gasteiger partial charge in [-0.2, -0.15) is 0 Å². The van der Waals surface area contributed by atoms with Gasteiger partial charge in [0.05, 0.1) is 11.9 Å². The van der Waals surface area contributed by atoms with Crippen molar-refractivity contribution in [2.45, 2.75) is 18.7 Å². The number of nitrogens with one attached hydrogen (secondary N) is 1. The van der Waals surface area contributed by atoms with Crippen LogP contribution in [0.2, 0.25) is 0 Å². The van der Waals surface area contributed by atoms with Crippen LogP contribution in [0.3, 0.4) is 0 Å². The average molecular weight is 379 g/mol. The smallest absolute Gasteiger partial charge is 0.245 e. The van der Waals surface area contributed by atoms with Crippen molar-refractivity contribution in [2.24, 2.45) is 0 Å². The molecule has 2 aromatic carbocycles. The maximum absolute atomic E-state index is 12.4. The van der Waals surface area contributed by atoms with Crippen LogP contribution >= 0.6 is 11.8 Å². The first kappa shape index (κ1) is 19.3. The van der Waals surface area contributed by atoms with Gasteiger partial charge in [-0.05, 0) is 61.6 Å². The largest absolute Gasteiger partial charge is 0.325 e. The standard InChI is InChI=1S/C18H22N2O3S2/c1-13-8-9-15(10-14(13)2)19-18(21)12-20(25(4,22)23)16-6-5-7-17(11-16)24-3/h5-11H,12H2,1-4H3,(H,19,21). The Morgan fingerprint density at radius 2 is 1.84 bits per heavy atom. The maximum atomic E-state index is 12.4. The van der Waals surface area contributed by atoms with E-state index < -0.39 is 10.0 Å². The first-order valence-electron chi connectivity index (χ1n) is 7.69. The quantitative estimate of drug-likeness (QED) is 0.782. The molecular formula is C18H22N2O3S2. The van der Waals surface area contributed by atoms with E-state index in [0.29, 0.717) is 11.4 Å². The number of benzene rings is 2. The first-order valence-corrected chi connectivity index (χ1v) is 10.8. The number of thioether (sulfide) groups is 1. The predicted octanol–water partition coefficient (Wildman–Crippen LogP) is 3.43. The van der Waals surface area contributed by atoms with E-state index in [1.54, 1.807) is 24.3 Å². The molecule has 2 rings (SSSR count). The molecule has 0 atom stereocenters. The Balaban J connectivity index is 2.22. The third-order valence-corrected chi connectivity index (χ3v) is 5.69. The molecule has 0 saturated heterocycles. The van der Waals surface area contributed by atoms with Crippen molar-refractivity contribution < 1.29 is 13.2 Å². The summed E-state index contributed by atoms with van der Waals surface area (Å²) < 4.78 is 25.4. The number of anilines is 2. The lowest BCUT2D eigenvalue weighted by Crippen LogP contribution is -2.37. The molecule has 7 heteroatoms. The van der Waals surface area contributed by atoms with Crippen molar-refractivity contribution in [3.63, 3.8) is 0 Å². The lowest BCUT2D eigenvalue weighted by Gasteiger charge is -2.22. The molecule has 0 radical (unpaired) electrons. The molecule has 1 N–H and O–H groups in total. The summed E-state index contributed by atoms with van der Waals surface area (Å²) in [5, 5.41) is 2.76. The van der Waals surface area contributed by atoms with Crippen molar-refractivity contribution in [3.05, 3.63) is 53.6 Å². The molecule has 0 saturated carbocycles. The van der Waals surface area contributed by atoms with E-state index in [-0.39, 0.29) is 12.5 Å². The fourth-order valence-corrected chi connectivity index (χ4v) is 3.62. The van der Waals surface area contributed by atoms with Gasteiger partial charge in [-0.25, -0.2) is 8.42 Å². The van der Waals surface area contributed by atoms with Gasteiger partial charge in [0.25, 0.3) is 0 Å². The van der Waals surface area contributed by atoms with Gasteiger partial charge in [0, 0.05) is 10.6 Å². The Bertz CT molecular complexity index is 880. The highest BCUT2D eigenvalue weighted by atomic mass is 32.2. The zero-order chi connectivity index (χ0) is 18.6. The number of hydrogen-bond acceptors (Lipinski definition) is 4. The highest BCUT2D eigenvalue weighted by molar-refractivity contribution is 7.98. The summed E-state index contributed by atoms with van der Waals surface area (Å²) in [6, 6.07) is 12.7. The van der Waals surface area contributed by atoms with Crippen LogP contribution in [0.5, 0.6) is 0 Å². The first-order chi connectivity index (χ1) is 11.7. The van der Waals surface area contributed by atoms with Gasteiger partial charge in [0.2, 0.25) is 15.9 Å². The van der Waals surface area contributed by atoms with E-state index in [1.807, 2.05) is 38.3 Å². The van der Waals surface area contributed by atoms with Crippen molar-refractivity contribution in [1.29, 1.82) is 0 Å². The maximum Gasteiger partial charge on any atom is 0.245 e. The molecule has 0 bridgehead atoms. The fourth-order valence-electron chi connectivity index (χ4n) is 2.32. The SMILES string of the molecule is CSc1cccc(N(CC(=O)Nc2ccc(C)c(C)c2)S(C)(=O)=O)c1. The molecule has 134 valence electrons. The minimum atomic E-state index is -3.58. The molecule has 0 unspecified atom stereocenters. The number of amides is 1. The molecule has 0 fully saturated rings. The number of nitrogens with zero attached hydrogens (tertiary/aromatic N) is 1. The van der Waals surface area contributed by atoms with Crippen LogP contribution in [0.4, 0.5) is 11.4 Å². The zero-order valence-corrected chi connectivity index (χ0v) is 16.4. The Morgan fingerprint density at radius 1 is 1.12 bits per heavy atom. The topological polar surface area (TPSA) is 66.5 Å². The molecule has 0 aliphatic heterocycles. The van der Waals surface area contributed by atoms with Gasteiger partial charge in [-0.1, -0.05) is 12.1 Å². The summed E-state index contributed by atoms with van der Waals surface area (Å²) in [4.78, 5) is 13.3. The van der Waals surface area contributed by atoms with Crippen molar-refractivity contribution in [3.8, 4) is 0 Å². The van der Waals surface area contributed by atoms with E-state index in [1.165, 1.54) is 11.8 Å². The van der Waals surface area contributed by atoms with Crippen molar-refractivity contribution in [1.82, 2.24) is 0 Å². The third kappa shape index (κ3) is 5.24. The lowest BCUT2D eigenvalue weighted by molar-refractivity contribution is -0.114. The number of carbonyl (C=O) groups is 1. The summed E-state index contributed by atoms with van der Waals surface area (Å²) >= 11 is 1.51. The molecule has 0 heterocycles. The van der Waals surface area contributed by atoms with Gasteiger partial charge in [0.1, 0.15) is 6.54 Å². The third-order valence-electron chi connectivity index (χ3n) is 3.82. The molecule has 5 nitrogen and oxygen atoms in total. The zero-order valence-electron chi connectivity index (χ0n) is 14.7. The summed E-state index contributed by atoms with van der Waals surface area (Å²) in [5.74, 6) is -0.386. The van der Waals surface area contributed by atoms with Gasteiger partial charge >= 0.3 is 0 Å². The van der Waals surface area contributed by atoms with Gasteiger partial charge in [-0.3, -0.25) is 9.10 Å². The van der Waals surface area contributed by atoms with Crippen LogP contribution in [0.15, 0.2) is 47.4 Å². The van der Waals surface area contributed by atoms with Crippen LogP contribution in [0.25, 0.3) is 0 Å². The molecule has 1 amide bonds. The highest BCUT2D eigenvalue weighted by Gasteiger charge is 2.21. The lowest BCUT2D eigenvalue weighted by atomic mass is 10.1. The van der Waals surface area contributed by atoms with Crippen LogP contribution in [0.1, 0.15) is 11.1 Å². The van der Waals surface area contributed by atoms with E-state index >= 15 is 0 Å². The van der Waals surface area contributed by atoms with Gasteiger partial charge < -0.3 is 5.32 Å². The van der Waals surface area contributed by atoms with Crippen LogP contribution in [-0.2, 0) is 14.8 Å². The van der Waals surface area contributed by atoms with Crippen LogP contribution in [-0.4, -0.2) is 33.4 Å². The van der Waals surface area contributed by atoms with Crippen molar-refractivity contribution in [2.75, 3.05) is 28.7 Å². The molecule has 0 aliphatic rings. The second kappa shape index (κ2) is 7.93. The van der Waals surface area contributed by atoms with Gasteiger partial charge in [-0.15, -0.1) is 11.8 Å². The summed E-state index contributed by atoms with van der Waals surface area (Å²) in [7, 11) is -3.58. The van der Waals surface area contributed by atoms with E-state index in [0.717, 1.165) is 26.6 Å². The minimum absolute atomic E-state index is 0.274. The molecular weight excluding hydrogens is 356 g/mol. The second-order valence-corrected chi connectivity index (χ2v) is 8.60. The summed E-state index contributed by atoms with van der Waals surface area (Å²) in [6.07, 6.45) is 3.01. The average Bonchev–Trinajstić information content (AvgIpc) is 2.55. The molecule has 0 spiro atoms. The predicted molar refractivity (Wildman–Crippen MR) is 105 cm³/mol. The monoisotopic (exact) mass is 378 g/mol.